The first-order valence-electron chi connectivity index (χ1n) is 7.68. The van der Waals surface area contributed by atoms with Gasteiger partial charge in [-0.05, 0) is 56.4 Å². The van der Waals surface area contributed by atoms with E-state index < -0.39 is 11.7 Å². The summed E-state index contributed by atoms with van der Waals surface area (Å²) in [5.41, 5.74) is 0.694. The Morgan fingerprint density at radius 1 is 1.16 bits per heavy atom. The first-order chi connectivity index (χ1) is 11.7. The highest BCUT2D eigenvalue weighted by Gasteiger charge is 2.30. The lowest BCUT2D eigenvalue weighted by Gasteiger charge is -2.18. The summed E-state index contributed by atoms with van der Waals surface area (Å²) < 4.78 is 43.8. The lowest BCUT2D eigenvalue weighted by Crippen LogP contribution is -2.39. The molecular formula is C18H19F3N2OS. The second kappa shape index (κ2) is 8.20. The van der Waals surface area contributed by atoms with Crippen LogP contribution in [-0.2, 0) is 6.18 Å². The molecule has 0 radical (unpaired) electrons. The van der Waals surface area contributed by atoms with Gasteiger partial charge in [0, 0.05) is 5.69 Å². The third kappa shape index (κ3) is 6.26. The lowest BCUT2D eigenvalue weighted by atomic mass is 10.2. The molecule has 0 aromatic heterocycles. The highest BCUT2D eigenvalue weighted by atomic mass is 32.1. The molecule has 1 unspecified atom stereocenters. The average Bonchev–Trinajstić information content (AvgIpc) is 2.53. The Balaban J connectivity index is 1.84. The van der Waals surface area contributed by atoms with Crippen molar-refractivity contribution in [2.75, 3.05) is 11.9 Å². The summed E-state index contributed by atoms with van der Waals surface area (Å²) in [6, 6.07) is 12.4. The van der Waals surface area contributed by atoms with E-state index in [4.69, 9.17) is 17.0 Å². The number of thiocarbonyl (C=S) groups is 1. The smallest absolute Gasteiger partial charge is 0.416 e. The molecular weight excluding hydrogens is 349 g/mol. The zero-order valence-corrected chi connectivity index (χ0v) is 14.7. The van der Waals surface area contributed by atoms with Crippen molar-refractivity contribution in [2.45, 2.75) is 26.1 Å². The fourth-order valence-corrected chi connectivity index (χ4v) is 2.38. The van der Waals surface area contributed by atoms with Gasteiger partial charge in [0.2, 0.25) is 0 Å². The van der Waals surface area contributed by atoms with Crippen LogP contribution in [0.25, 0.3) is 0 Å². The van der Waals surface area contributed by atoms with E-state index in [-0.39, 0.29) is 16.8 Å². The van der Waals surface area contributed by atoms with Gasteiger partial charge in [0.05, 0.1) is 11.6 Å². The Hall–Kier alpha value is -2.28. The molecule has 2 rings (SSSR count). The molecule has 25 heavy (non-hydrogen) atoms. The van der Waals surface area contributed by atoms with Crippen LogP contribution in [0.3, 0.4) is 0 Å². The molecule has 0 amide bonds. The van der Waals surface area contributed by atoms with Gasteiger partial charge in [-0.2, -0.15) is 13.2 Å². The third-order valence-electron chi connectivity index (χ3n) is 3.35. The number of ether oxygens (including phenoxy) is 1. The van der Waals surface area contributed by atoms with E-state index in [1.807, 2.05) is 38.1 Å². The molecule has 0 saturated carbocycles. The first kappa shape index (κ1) is 19.1. The van der Waals surface area contributed by atoms with E-state index in [2.05, 4.69) is 10.6 Å². The molecule has 0 saturated heterocycles. The molecule has 0 heterocycles. The number of hydrogen-bond donors (Lipinski definition) is 2. The summed E-state index contributed by atoms with van der Waals surface area (Å²) in [5.74, 6) is 0.746. The number of alkyl halides is 3. The van der Waals surface area contributed by atoms with Crippen LogP contribution in [-0.4, -0.2) is 17.8 Å². The van der Waals surface area contributed by atoms with E-state index in [0.717, 1.165) is 23.4 Å². The van der Waals surface area contributed by atoms with E-state index in [1.165, 1.54) is 12.1 Å². The molecule has 0 spiro atoms. The molecule has 0 bridgehead atoms. The zero-order valence-electron chi connectivity index (χ0n) is 13.9. The predicted octanol–water partition coefficient (Wildman–Crippen LogP) is 4.77. The molecule has 0 fully saturated rings. The molecule has 2 N–H and O–H groups in total. The van der Waals surface area contributed by atoms with Gasteiger partial charge in [0.15, 0.2) is 5.11 Å². The van der Waals surface area contributed by atoms with E-state index in [1.54, 1.807) is 0 Å². The first-order valence-corrected chi connectivity index (χ1v) is 8.09. The normalized spacial score (nSPS) is 12.4. The van der Waals surface area contributed by atoms with Crippen LogP contribution in [0.2, 0.25) is 0 Å². The number of nitrogens with one attached hydrogen (secondary N) is 2. The molecule has 1 atom stereocenters. The van der Waals surface area contributed by atoms with Gasteiger partial charge in [-0.25, -0.2) is 0 Å². The van der Waals surface area contributed by atoms with Crippen molar-refractivity contribution >= 4 is 23.0 Å². The number of aryl methyl sites for hydroxylation is 1. The minimum atomic E-state index is -4.39. The molecule has 7 heteroatoms. The van der Waals surface area contributed by atoms with Crippen LogP contribution < -0.4 is 15.4 Å². The lowest BCUT2D eigenvalue weighted by molar-refractivity contribution is -0.137. The molecule has 2 aromatic rings. The van der Waals surface area contributed by atoms with Crippen molar-refractivity contribution in [1.82, 2.24) is 5.32 Å². The maximum Gasteiger partial charge on any atom is 0.416 e. The average molecular weight is 368 g/mol. The van der Waals surface area contributed by atoms with Gasteiger partial charge >= 0.3 is 6.18 Å². The van der Waals surface area contributed by atoms with Crippen molar-refractivity contribution < 1.29 is 17.9 Å². The highest BCUT2D eigenvalue weighted by molar-refractivity contribution is 7.80. The van der Waals surface area contributed by atoms with Crippen LogP contribution in [0.1, 0.15) is 18.1 Å². The van der Waals surface area contributed by atoms with E-state index >= 15 is 0 Å². The van der Waals surface area contributed by atoms with Gasteiger partial charge in [-0.15, -0.1) is 0 Å². The molecule has 3 nitrogen and oxygen atoms in total. The van der Waals surface area contributed by atoms with Crippen LogP contribution in [0.15, 0.2) is 48.5 Å². The SMILES string of the molecule is Cc1ccc(OCC(C)NC(=S)Nc2cccc(C(F)(F)F)c2)cc1. The maximum absolute atomic E-state index is 12.7. The fourth-order valence-electron chi connectivity index (χ4n) is 2.06. The third-order valence-corrected chi connectivity index (χ3v) is 3.57. The van der Waals surface area contributed by atoms with Crippen LogP contribution >= 0.6 is 12.2 Å². The van der Waals surface area contributed by atoms with Crippen molar-refractivity contribution in [2.24, 2.45) is 0 Å². The summed E-state index contributed by atoms with van der Waals surface area (Å²) in [6.45, 7) is 4.23. The number of hydrogen-bond acceptors (Lipinski definition) is 2. The van der Waals surface area contributed by atoms with Crippen molar-refractivity contribution in [3.63, 3.8) is 0 Å². The van der Waals surface area contributed by atoms with E-state index in [9.17, 15) is 13.2 Å². The van der Waals surface area contributed by atoms with Crippen molar-refractivity contribution in [3.8, 4) is 5.75 Å². The second-order valence-electron chi connectivity index (χ2n) is 5.70. The van der Waals surface area contributed by atoms with Crippen LogP contribution in [0, 0.1) is 6.92 Å². The monoisotopic (exact) mass is 368 g/mol. The van der Waals surface area contributed by atoms with Gasteiger partial charge < -0.3 is 15.4 Å². The Labute approximate surface area is 150 Å². The summed E-state index contributed by atoms with van der Waals surface area (Å²) >= 11 is 5.14. The summed E-state index contributed by atoms with van der Waals surface area (Å²) in [7, 11) is 0. The van der Waals surface area contributed by atoms with Gasteiger partial charge in [-0.3, -0.25) is 0 Å². The number of anilines is 1. The summed E-state index contributed by atoms with van der Waals surface area (Å²) in [6.07, 6.45) is -4.39. The number of halogens is 3. The summed E-state index contributed by atoms with van der Waals surface area (Å²) in [5, 5.41) is 5.97. The maximum atomic E-state index is 12.7. The fraction of sp³-hybridized carbons (Fsp3) is 0.278. The molecule has 0 aliphatic rings. The minimum Gasteiger partial charge on any atom is -0.491 e. The topological polar surface area (TPSA) is 33.3 Å². The molecule has 0 aliphatic heterocycles. The largest absolute Gasteiger partial charge is 0.491 e. The summed E-state index contributed by atoms with van der Waals surface area (Å²) in [4.78, 5) is 0. The quantitative estimate of drug-likeness (QED) is 0.745. The molecule has 0 aliphatic carbocycles. The Bertz CT molecular complexity index is 717. The second-order valence-corrected chi connectivity index (χ2v) is 6.11. The minimum absolute atomic E-state index is 0.118. The Kier molecular flexibility index (Phi) is 6.25. The van der Waals surface area contributed by atoms with Crippen molar-refractivity contribution in [3.05, 3.63) is 59.7 Å². The predicted molar refractivity (Wildman–Crippen MR) is 96.9 cm³/mol. The van der Waals surface area contributed by atoms with Gasteiger partial charge in [0.1, 0.15) is 12.4 Å². The molecule has 134 valence electrons. The van der Waals surface area contributed by atoms with E-state index in [0.29, 0.717) is 6.61 Å². The molecule has 2 aromatic carbocycles. The number of benzene rings is 2. The van der Waals surface area contributed by atoms with Crippen molar-refractivity contribution in [1.29, 1.82) is 0 Å². The standard InChI is InChI=1S/C18H19F3N2OS/c1-12-6-8-16(9-7-12)24-11-13(2)22-17(25)23-15-5-3-4-14(10-15)18(19,20)21/h3-10,13H,11H2,1-2H3,(H2,22,23,25). The Morgan fingerprint density at radius 3 is 2.48 bits per heavy atom. The van der Waals surface area contributed by atoms with Gasteiger partial charge in [-0.1, -0.05) is 23.8 Å². The zero-order chi connectivity index (χ0) is 18.4. The Morgan fingerprint density at radius 2 is 1.84 bits per heavy atom. The number of rotatable bonds is 5. The van der Waals surface area contributed by atoms with Crippen LogP contribution in [0.5, 0.6) is 5.75 Å². The highest BCUT2D eigenvalue weighted by Crippen LogP contribution is 2.30. The van der Waals surface area contributed by atoms with Gasteiger partial charge in [0.25, 0.3) is 0 Å². The van der Waals surface area contributed by atoms with Crippen LogP contribution in [0.4, 0.5) is 18.9 Å².